The molecule has 1 fully saturated rings. The number of thiophene rings is 1. The lowest BCUT2D eigenvalue weighted by atomic mass is 10.2. The van der Waals surface area contributed by atoms with Gasteiger partial charge in [0.15, 0.2) is 6.10 Å². The molecule has 98 valence electrons. The number of carboxylic acid groups (broad SMARTS) is 1. The fourth-order valence-electron chi connectivity index (χ4n) is 1.84. The number of hydrogen-bond acceptors (Lipinski definition) is 4. The molecule has 1 aliphatic heterocycles. The van der Waals surface area contributed by atoms with Crippen molar-refractivity contribution in [2.75, 3.05) is 13.1 Å². The molecule has 0 saturated carbocycles. The summed E-state index contributed by atoms with van der Waals surface area (Å²) in [6, 6.07) is 1.80. The van der Waals surface area contributed by atoms with Crippen LogP contribution in [0.15, 0.2) is 15.9 Å². The molecule has 1 aliphatic rings. The van der Waals surface area contributed by atoms with Crippen LogP contribution in [0.4, 0.5) is 0 Å². The highest BCUT2D eigenvalue weighted by Crippen LogP contribution is 2.25. The van der Waals surface area contributed by atoms with Gasteiger partial charge < -0.3 is 14.7 Å². The van der Waals surface area contributed by atoms with Crippen LogP contribution in [0, 0.1) is 0 Å². The van der Waals surface area contributed by atoms with Crippen molar-refractivity contribution in [1.29, 1.82) is 0 Å². The third-order valence-electron chi connectivity index (χ3n) is 2.63. The van der Waals surface area contributed by atoms with Crippen LogP contribution >= 0.6 is 27.3 Å². The summed E-state index contributed by atoms with van der Waals surface area (Å²) in [6.07, 6.45) is -1.22. The molecule has 0 aromatic carbocycles. The molecule has 1 aromatic rings. The van der Waals surface area contributed by atoms with E-state index in [0.29, 0.717) is 11.4 Å². The van der Waals surface area contributed by atoms with E-state index in [1.54, 1.807) is 13.0 Å². The van der Waals surface area contributed by atoms with Crippen LogP contribution in [-0.2, 0) is 9.53 Å². The van der Waals surface area contributed by atoms with E-state index in [1.807, 2.05) is 5.38 Å². The minimum absolute atomic E-state index is 0.0862. The molecule has 1 N–H and O–H groups in total. The zero-order valence-corrected chi connectivity index (χ0v) is 12.0. The van der Waals surface area contributed by atoms with Crippen molar-refractivity contribution in [1.82, 2.24) is 4.90 Å². The van der Waals surface area contributed by atoms with Crippen LogP contribution in [0.2, 0.25) is 0 Å². The fourth-order valence-corrected chi connectivity index (χ4v) is 3.35. The lowest BCUT2D eigenvalue weighted by Crippen LogP contribution is -2.51. The number of rotatable bonds is 2. The highest BCUT2D eigenvalue weighted by molar-refractivity contribution is 9.10. The number of carbonyl (C=O) groups excluding carboxylic acids is 1. The van der Waals surface area contributed by atoms with Crippen molar-refractivity contribution < 1.29 is 19.4 Å². The van der Waals surface area contributed by atoms with Crippen molar-refractivity contribution in [2.24, 2.45) is 0 Å². The maximum Gasteiger partial charge on any atom is 0.334 e. The molecule has 0 radical (unpaired) electrons. The van der Waals surface area contributed by atoms with Crippen molar-refractivity contribution in [3.63, 3.8) is 0 Å². The number of hydrogen-bond donors (Lipinski definition) is 1. The predicted octanol–water partition coefficient (Wildman–Crippen LogP) is 1.82. The quantitative estimate of drug-likeness (QED) is 0.896. The number of carbonyl (C=O) groups is 2. The maximum absolute atomic E-state index is 12.3. The first-order valence-corrected chi connectivity index (χ1v) is 7.07. The third kappa shape index (κ3) is 2.73. The SMILES string of the molecule is C[C@@H]1CN(C(=O)c2sccc2Br)CC(C(=O)O)O1. The molecule has 2 atom stereocenters. The summed E-state index contributed by atoms with van der Waals surface area (Å²) < 4.78 is 6.01. The standard InChI is InChI=1S/C11H12BrNO4S/c1-6-4-13(5-8(17-6)11(15)16)10(14)9-7(12)2-3-18-9/h2-3,6,8H,4-5H2,1H3,(H,15,16)/t6-,8?/m1/s1. The Bertz CT molecular complexity index is 475. The summed E-state index contributed by atoms with van der Waals surface area (Å²) in [5, 5.41) is 10.8. The largest absolute Gasteiger partial charge is 0.479 e. The molecule has 5 nitrogen and oxygen atoms in total. The van der Waals surface area contributed by atoms with Crippen LogP contribution in [0.1, 0.15) is 16.6 Å². The molecule has 2 heterocycles. The first-order chi connectivity index (χ1) is 8.49. The van der Waals surface area contributed by atoms with Gasteiger partial charge in [0.05, 0.1) is 12.6 Å². The lowest BCUT2D eigenvalue weighted by Gasteiger charge is -2.34. The highest BCUT2D eigenvalue weighted by Gasteiger charge is 2.33. The van der Waals surface area contributed by atoms with Crippen molar-refractivity contribution in [3.8, 4) is 0 Å². The van der Waals surface area contributed by atoms with E-state index < -0.39 is 12.1 Å². The normalized spacial score (nSPS) is 24.0. The molecule has 2 rings (SSSR count). The van der Waals surface area contributed by atoms with Gasteiger partial charge in [-0.3, -0.25) is 4.79 Å². The summed E-state index contributed by atoms with van der Waals surface area (Å²) in [5.74, 6) is -1.19. The summed E-state index contributed by atoms with van der Waals surface area (Å²) in [7, 11) is 0. The topological polar surface area (TPSA) is 66.8 Å². The van der Waals surface area contributed by atoms with E-state index in [9.17, 15) is 9.59 Å². The first-order valence-electron chi connectivity index (χ1n) is 5.39. The molecule has 0 spiro atoms. The second kappa shape index (κ2) is 5.38. The molecule has 18 heavy (non-hydrogen) atoms. The lowest BCUT2D eigenvalue weighted by molar-refractivity contribution is -0.160. The molecule has 1 amide bonds. The summed E-state index contributed by atoms with van der Waals surface area (Å²) in [6.45, 7) is 2.26. The predicted molar refractivity (Wildman–Crippen MR) is 69.9 cm³/mol. The molecule has 1 aromatic heterocycles. The smallest absolute Gasteiger partial charge is 0.334 e. The van der Waals surface area contributed by atoms with Crippen LogP contribution in [-0.4, -0.2) is 47.2 Å². The third-order valence-corrected chi connectivity index (χ3v) is 4.46. The number of morpholine rings is 1. The Labute approximate surface area is 116 Å². The second-order valence-corrected chi connectivity index (χ2v) is 5.85. The second-order valence-electron chi connectivity index (χ2n) is 4.08. The van der Waals surface area contributed by atoms with Crippen LogP contribution < -0.4 is 0 Å². The van der Waals surface area contributed by atoms with E-state index in [0.717, 1.165) is 4.47 Å². The van der Waals surface area contributed by atoms with Gasteiger partial charge in [-0.2, -0.15) is 0 Å². The van der Waals surface area contributed by atoms with Gasteiger partial charge in [0.2, 0.25) is 0 Å². The Balaban J connectivity index is 2.15. The highest BCUT2D eigenvalue weighted by atomic mass is 79.9. The zero-order chi connectivity index (χ0) is 13.3. The summed E-state index contributed by atoms with van der Waals surface area (Å²) in [4.78, 5) is 25.3. The van der Waals surface area contributed by atoms with Crippen LogP contribution in [0.3, 0.4) is 0 Å². The van der Waals surface area contributed by atoms with E-state index >= 15 is 0 Å². The summed E-state index contributed by atoms with van der Waals surface area (Å²) in [5.41, 5.74) is 0. The van der Waals surface area contributed by atoms with Crippen molar-refractivity contribution >= 4 is 39.1 Å². The molecule has 1 saturated heterocycles. The zero-order valence-electron chi connectivity index (χ0n) is 9.63. The first kappa shape index (κ1) is 13.5. The minimum atomic E-state index is -1.04. The van der Waals surface area contributed by atoms with Gasteiger partial charge in [-0.25, -0.2) is 4.79 Å². The van der Waals surface area contributed by atoms with Gasteiger partial charge in [0, 0.05) is 11.0 Å². The number of nitrogens with zero attached hydrogens (tertiary/aromatic N) is 1. The summed E-state index contributed by atoms with van der Waals surface area (Å²) >= 11 is 4.64. The Kier molecular flexibility index (Phi) is 4.04. The number of amides is 1. The molecule has 0 aliphatic carbocycles. The number of halogens is 1. The average molecular weight is 334 g/mol. The molecular weight excluding hydrogens is 322 g/mol. The average Bonchev–Trinajstić information content (AvgIpc) is 2.73. The van der Waals surface area contributed by atoms with E-state index in [2.05, 4.69) is 15.9 Å². The minimum Gasteiger partial charge on any atom is -0.479 e. The van der Waals surface area contributed by atoms with Gasteiger partial charge >= 0.3 is 5.97 Å². The van der Waals surface area contributed by atoms with Gasteiger partial charge in [0.25, 0.3) is 5.91 Å². The fraction of sp³-hybridized carbons (Fsp3) is 0.455. The van der Waals surface area contributed by atoms with E-state index in [1.165, 1.54) is 16.2 Å². The van der Waals surface area contributed by atoms with Crippen LogP contribution in [0.25, 0.3) is 0 Å². The number of ether oxygens (including phenoxy) is 1. The van der Waals surface area contributed by atoms with Gasteiger partial charge in [-0.15, -0.1) is 11.3 Å². The Morgan fingerprint density at radius 3 is 2.83 bits per heavy atom. The van der Waals surface area contributed by atoms with E-state index in [-0.39, 0.29) is 18.6 Å². The van der Waals surface area contributed by atoms with E-state index in [4.69, 9.17) is 9.84 Å². The monoisotopic (exact) mass is 333 g/mol. The van der Waals surface area contributed by atoms with Gasteiger partial charge in [-0.1, -0.05) is 0 Å². The van der Waals surface area contributed by atoms with Gasteiger partial charge in [0.1, 0.15) is 4.88 Å². The Hall–Kier alpha value is -0.920. The molecule has 7 heteroatoms. The van der Waals surface area contributed by atoms with Crippen LogP contribution in [0.5, 0.6) is 0 Å². The number of carboxylic acids is 1. The van der Waals surface area contributed by atoms with Crippen molar-refractivity contribution in [2.45, 2.75) is 19.1 Å². The molecular formula is C11H12BrNO4S. The molecule has 0 bridgehead atoms. The Morgan fingerprint density at radius 2 is 2.28 bits per heavy atom. The van der Waals surface area contributed by atoms with Crippen molar-refractivity contribution in [3.05, 3.63) is 20.8 Å². The molecule has 1 unspecified atom stereocenters. The van der Waals surface area contributed by atoms with Gasteiger partial charge in [-0.05, 0) is 34.3 Å². The Morgan fingerprint density at radius 1 is 1.56 bits per heavy atom. The number of aliphatic carboxylic acids is 1. The maximum atomic E-state index is 12.3.